The highest BCUT2D eigenvalue weighted by Gasteiger charge is 2.42. The minimum absolute atomic E-state index is 0.0426. The van der Waals surface area contributed by atoms with Gasteiger partial charge in [0.25, 0.3) is 15.9 Å². The largest absolute Gasteiger partial charge is 0.495 e. The van der Waals surface area contributed by atoms with Crippen molar-refractivity contribution < 1.29 is 22.7 Å². The number of carbonyl (C=O) groups excluding carboxylic acids is 2. The monoisotopic (exact) mass is 491 g/mol. The molecule has 0 bridgehead atoms. The highest BCUT2D eigenvalue weighted by molar-refractivity contribution is 7.92. The van der Waals surface area contributed by atoms with Gasteiger partial charge in [0.2, 0.25) is 5.91 Å². The first-order chi connectivity index (χ1) is 15.8. The second kappa shape index (κ2) is 9.61. The maximum absolute atomic E-state index is 12.9. The van der Waals surface area contributed by atoms with E-state index >= 15 is 0 Å². The molecule has 0 spiro atoms. The molecule has 33 heavy (non-hydrogen) atoms. The van der Waals surface area contributed by atoms with Crippen LogP contribution in [0.5, 0.6) is 5.75 Å². The third-order valence-corrected chi connectivity index (χ3v) is 7.87. The average molecular weight is 492 g/mol. The van der Waals surface area contributed by atoms with Crippen LogP contribution in [0.4, 0.5) is 5.69 Å². The molecule has 2 aliphatic rings. The zero-order valence-corrected chi connectivity index (χ0v) is 19.7. The van der Waals surface area contributed by atoms with E-state index in [0.29, 0.717) is 29.9 Å². The molecule has 8 nitrogen and oxygen atoms in total. The van der Waals surface area contributed by atoms with E-state index in [1.165, 1.54) is 51.0 Å². The quantitative estimate of drug-likeness (QED) is 0.462. The van der Waals surface area contributed by atoms with Gasteiger partial charge in [-0.2, -0.15) is 0 Å². The Morgan fingerprint density at radius 2 is 1.73 bits per heavy atom. The summed E-state index contributed by atoms with van der Waals surface area (Å²) in [7, 11) is -2.69. The molecule has 0 atom stereocenters. The number of hydrogen-bond donors (Lipinski definition) is 3. The minimum atomic E-state index is -4.11. The fraction of sp³-hybridized carbons (Fsp3) is 0.391. The zero-order valence-electron chi connectivity index (χ0n) is 18.1. The number of amides is 2. The van der Waals surface area contributed by atoms with Gasteiger partial charge in [0.1, 0.15) is 10.6 Å². The minimum Gasteiger partial charge on any atom is -0.495 e. The van der Waals surface area contributed by atoms with Crippen LogP contribution in [-0.4, -0.2) is 27.3 Å². The van der Waals surface area contributed by atoms with Crippen molar-refractivity contribution in [2.24, 2.45) is 17.8 Å². The van der Waals surface area contributed by atoms with Crippen LogP contribution in [0.25, 0.3) is 0 Å². The number of hydrogen-bond acceptors (Lipinski definition) is 5. The SMILES string of the molecule is COc1ccccc1NS(=O)(=O)c1cc(C(=O)NNC(=O)CC(C2CC2)C2CC2)ccc1Cl. The van der Waals surface area contributed by atoms with Crippen molar-refractivity contribution >= 4 is 39.1 Å². The average Bonchev–Trinajstić information content (AvgIpc) is 3.70. The Morgan fingerprint density at radius 3 is 2.36 bits per heavy atom. The number of ether oxygens (including phenoxy) is 1. The third-order valence-electron chi connectivity index (χ3n) is 6.03. The first-order valence-electron chi connectivity index (χ1n) is 10.8. The number of benzene rings is 2. The van der Waals surface area contributed by atoms with Crippen molar-refractivity contribution in [1.82, 2.24) is 10.9 Å². The fourth-order valence-corrected chi connectivity index (χ4v) is 5.61. The summed E-state index contributed by atoms with van der Waals surface area (Å²) in [6, 6.07) is 10.4. The molecule has 2 fully saturated rings. The van der Waals surface area contributed by atoms with Crippen molar-refractivity contribution in [3.05, 3.63) is 53.1 Å². The molecule has 0 aromatic heterocycles. The molecule has 2 aromatic carbocycles. The molecule has 2 amide bonds. The van der Waals surface area contributed by atoms with Crippen LogP contribution >= 0.6 is 11.6 Å². The molecule has 0 radical (unpaired) electrons. The summed E-state index contributed by atoms with van der Waals surface area (Å²) in [6.07, 6.45) is 5.08. The predicted molar refractivity (Wildman–Crippen MR) is 124 cm³/mol. The molecule has 2 aromatic rings. The lowest BCUT2D eigenvalue weighted by molar-refractivity contribution is -0.123. The van der Waals surface area contributed by atoms with Crippen LogP contribution in [0, 0.1) is 17.8 Å². The van der Waals surface area contributed by atoms with Crippen molar-refractivity contribution in [2.75, 3.05) is 11.8 Å². The maximum atomic E-state index is 12.9. The summed E-state index contributed by atoms with van der Waals surface area (Å²) in [4.78, 5) is 24.6. The third kappa shape index (κ3) is 5.78. The zero-order chi connectivity index (χ0) is 23.6. The van der Waals surface area contributed by atoms with Gasteiger partial charge in [-0.3, -0.25) is 25.2 Å². The number of carbonyl (C=O) groups is 2. The Labute approximate surface area is 198 Å². The van der Waals surface area contributed by atoms with E-state index in [9.17, 15) is 18.0 Å². The number of methoxy groups -OCH3 is 1. The lowest BCUT2D eigenvalue weighted by Gasteiger charge is -2.16. The summed E-state index contributed by atoms with van der Waals surface area (Å²) < 4.78 is 33.5. The molecule has 0 heterocycles. The Kier molecular flexibility index (Phi) is 6.81. The Balaban J connectivity index is 1.42. The van der Waals surface area contributed by atoms with Crippen molar-refractivity contribution in [3.63, 3.8) is 0 Å². The van der Waals surface area contributed by atoms with E-state index in [1.54, 1.807) is 24.3 Å². The molecule has 2 aliphatic carbocycles. The van der Waals surface area contributed by atoms with Gasteiger partial charge in [-0.05, 0) is 73.8 Å². The van der Waals surface area contributed by atoms with Crippen molar-refractivity contribution in [1.29, 1.82) is 0 Å². The molecule has 2 saturated carbocycles. The standard InChI is InChI=1S/C23H26ClN3O5S/c1-32-20-5-3-2-4-19(20)27-33(30,31)21-12-16(10-11-18(21)24)23(29)26-25-22(28)13-17(14-6-7-14)15-8-9-15/h2-5,10-12,14-15,17,27H,6-9,13H2,1H3,(H,25,28)(H,26,29). The van der Waals surface area contributed by atoms with Crippen molar-refractivity contribution in [3.8, 4) is 5.75 Å². The van der Waals surface area contributed by atoms with E-state index in [2.05, 4.69) is 15.6 Å². The van der Waals surface area contributed by atoms with Crippen LogP contribution in [0.3, 0.4) is 0 Å². The highest BCUT2D eigenvalue weighted by Crippen LogP contribution is 2.50. The van der Waals surface area contributed by atoms with Crippen LogP contribution in [0.1, 0.15) is 42.5 Å². The van der Waals surface area contributed by atoms with Gasteiger partial charge in [0.05, 0.1) is 17.8 Å². The van der Waals surface area contributed by atoms with E-state index in [1.807, 2.05) is 0 Å². The summed E-state index contributed by atoms with van der Waals surface area (Å²) in [5, 5.41) is -0.0466. The lowest BCUT2D eigenvalue weighted by atomic mass is 9.94. The van der Waals surface area contributed by atoms with Gasteiger partial charge in [-0.15, -0.1) is 0 Å². The van der Waals surface area contributed by atoms with E-state index < -0.39 is 15.9 Å². The highest BCUT2D eigenvalue weighted by atomic mass is 35.5. The number of anilines is 1. The first kappa shape index (κ1) is 23.4. The number of nitrogens with one attached hydrogen (secondary N) is 3. The maximum Gasteiger partial charge on any atom is 0.269 e. The topological polar surface area (TPSA) is 114 Å². The van der Waals surface area contributed by atoms with Crippen LogP contribution in [0.15, 0.2) is 47.4 Å². The Hall–Kier alpha value is -2.78. The number of sulfonamides is 1. The Morgan fingerprint density at radius 1 is 1.06 bits per heavy atom. The number of halogens is 1. The first-order valence-corrected chi connectivity index (χ1v) is 12.7. The molecular formula is C23H26ClN3O5S. The summed E-state index contributed by atoms with van der Waals surface area (Å²) in [5.41, 5.74) is 5.10. The molecule has 0 aliphatic heterocycles. The summed E-state index contributed by atoms with van der Waals surface area (Å²) in [5.74, 6) is 1.09. The molecule has 176 valence electrons. The lowest BCUT2D eigenvalue weighted by Crippen LogP contribution is -2.42. The van der Waals surface area contributed by atoms with Gasteiger partial charge in [0.15, 0.2) is 0 Å². The normalized spacial score (nSPS) is 15.7. The fourth-order valence-electron chi connectivity index (χ4n) is 4.01. The predicted octanol–water partition coefficient (Wildman–Crippen LogP) is 3.74. The van der Waals surface area contributed by atoms with E-state index in [4.69, 9.17) is 16.3 Å². The second-order valence-electron chi connectivity index (χ2n) is 8.50. The summed E-state index contributed by atoms with van der Waals surface area (Å²) in [6.45, 7) is 0. The van der Waals surface area contributed by atoms with Gasteiger partial charge in [0, 0.05) is 12.0 Å². The van der Waals surface area contributed by atoms with Crippen molar-refractivity contribution in [2.45, 2.75) is 37.0 Å². The van der Waals surface area contributed by atoms with Gasteiger partial charge >= 0.3 is 0 Å². The molecule has 4 rings (SSSR count). The molecule has 3 N–H and O–H groups in total. The molecule has 10 heteroatoms. The number of hydrazine groups is 1. The smallest absolute Gasteiger partial charge is 0.269 e. The molecular weight excluding hydrogens is 466 g/mol. The van der Waals surface area contributed by atoms with Crippen LogP contribution in [0.2, 0.25) is 5.02 Å². The number of para-hydroxylation sites is 2. The van der Waals surface area contributed by atoms with E-state index in [0.717, 1.165) is 0 Å². The van der Waals surface area contributed by atoms with Crippen LogP contribution < -0.4 is 20.3 Å². The molecule has 0 unspecified atom stereocenters. The Bertz CT molecular complexity index is 1150. The van der Waals surface area contributed by atoms with Gasteiger partial charge in [-0.25, -0.2) is 8.42 Å². The van der Waals surface area contributed by atoms with Gasteiger partial charge < -0.3 is 4.74 Å². The van der Waals surface area contributed by atoms with Gasteiger partial charge in [-0.1, -0.05) is 23.7 Å². The van der Waals surface area contributed by atoms with Crippen LogP contribution in [-0.2, 0) is 14.8 Å². The summed E-state index contributed by atoms with van der Waals surface area (Å²) >= 11 is 6.13. The second-order valence-corrected chi connectivity index (χ2v) is 10.6. The van der Waals surface area contributed by atoms with E-state index in [-0.39, 0.29) is 27.1 Å². The number of rotatable bonds is 9. The molecule has 0 saturated heterocycles.